The molecule has 0 aliphatic heterocycles. The average molecular weight is 700 g/mol. The maximum absolute atomic E-state index is 5.22. The SMILES string of the molecule is c1ccc(-c2ccc3c(c2)c2ccccc2n3-c2ccc(-c3ccc(-c4cccc(-c5cnc6c7ccccc7c7ccccc7c6n5)c4)cc3)cc2)cc1. The number of hydrogen-bond donors (Lipinski definition) is 0. The summed E-state index contributed by atoms with van der Waals surface area (Å²) in [5.41, 5.74) is 14.5. The van der Waals surface area contributed by atoms with E-state index in [2.05, 4.69) is 199 Å². The van der Waals surface area contributed by atoms with E-state index in [1.165, 1.54) is 54.8 Å². The lowest BCUT2D eigenvalue weighted by molar-refractivity contribution is 1.18. The fourth-order valence-electron chi connectivity index (χ4n) is 8.34. The Morgan fingerprint density at radius 3 is 1.53 bits per heavy atom. The molecule has 3 nitrogen and oxygen atoms in total. The van der Waals surface area contributed by atoms with Crippen LogP contribution in [0.5, 0.6) is 0 Å². The van der Waals surface area contributed by atoms with Gasteiger partial charge < -0.3 is 4.57 Å². The minimum atomic E-state index is 0.867. The Balaban J connectivity index is 0.906. The highest BCUT2D eigenvalue weighted by molar-refractivity contribution is 6.23. The first-order valence-electron chi connectivity index (χ1n) is 18.7. The molecular weight excluding hydrogens is 667 g/mol. The Kier molecular flexibility index (Phi) is 7.17. The molecule has 2 aromatic heterocycles. The third kappa shape index (κ3) is 5.20. The first-order chi connectivity index (χ1) is 27.3. The number of benzene rings is 9. The van der Waals surface area contributed by atoms with Crippen LogP contribution in [-0.4, -0.2) is 14.5 Å². The molecule has 9 aromatic carbocycles. The van der Waals surface area contributed by atoms with Crippen LogP contribution in [0.4, 0.5) is 0 Å². The summed E-state index contributed by atoms with van der Waals surface area (Å²) in [5.74, 6) is 0. The first kappa shape index (κ1) is 31.2. The van der Waals surface area contributed by atoms with Gasteiger partial charge in [-0.3, -0.25) is 4.98 Å². The lowest BCUT2D eigenvalue weighted by atomic mass is 9.98. The zero-order valence-electron chi connectivity index (χ0n) is 29.9. The summed E-state index contributed by atoms with van der Waals surface area (Å²) in [4.78, 5) is 10.2. The van der Waals surface area contributed by atoms with E-state index in [0.29, 0.717) is 0 Å². The number of para-hydroxylation sites is 1. The van der Waals surface area contributed by atoms with Crippen molar-refractivity contribution in [1.29, 1.82) is 0 Å². The van der Waals surface area contributed by atoms with Crippen molar-refractivity contribution in [3.8, 4) is 50.3 Å². The maximum atomic E-state index is 5.22. The minimum absolute atomic E-state index is 0.867. The molecule has 0 saturated carbocycles. The molecule has 0 bridgehead atoms. The lowest BCUT2D eigenvalue weighted by Crippen LogP contribution is -1.93. The fourth-order valence-corrected chi connectivity index (χ4v) is 8.34. The molecule has 0 N–H and O–H groups in total. The van der Waals surface area contributed by atoms with E-state index in [1.54, 1.807) is 0 Å². The second-order valence-electron chi connectivity index (χ2n) is 14.2. The number of fused-ring (bicyclic) bond motifs is 9. The molecule has 0 spiro atoms. The summed E-state index contributed by atoms with van der Waals surface area (Å²) in [6.07, 6.45) is 1.91. The van der Waals surface area contributed by atoms with E-state index in [-0.39, 0.29) is 0 Å². The monoisotopic (exact) mass is 699 g/mol. The Bertz CT molecular complexity index is 3200. The third-order valence-electron chi connectivity index (χ3n) is 11.0. The van der Waals surface area contributed by atoms with Crippen LogP contribution in [0.2, 0.25) is 0 Å². The Morgan fingerprint density at radius 2 is 0.800 bits per heavy atom. The number of rotatable bonds is 5. The molecule has 0 amide bonds. The molecule has 256 valence electrons. The number of hydrogen-bond acceptors (Lipinski definition) is 2. The zero-order chi connectivity index (χ0) is 36.3. The highest BCUT2D eigenvalue weighted by Crippen LogP contribution is 2.37. The molecule has 0 unspecified atom stereocenters. The van der Waals surface area contributed by atoms with Crippen LogP contribution >= 0.6 is 0 Å². The summed E-state index contributed by atoms with van der Waals surface area (Å²) < 4.78 is 2.38. The second kappa shape index (κ2) is 12.6. The summed E-state index contributed by atoms with van der Waals surface area (Å²) in [7, 11) is 0. The smallest absolute Gasteiger partial charge is 0.0979 e. The normalized spacial score (nSPS) is 11.6. The van der Waals surface area contributed by atoms with Crippen LogP contribution in [0.3, 0.4) is 0 Å². The van der Waals surface area contributed by atoms with Gasteiger partial charge >= 0.3 is 0 Å². The highest BCUT2D eigenvalue weighted by atomic mass is 15.0. The predicted octanol–water partition coefficient (Wildman–Crippen LogP) is 13.7. The molecule has 11 rings (SSSR count). The molecule has 0 saturated heterocycles. The van der Waals surface area contributed by atoms with E-state index in [4.69, 9.17) is 9.97 Å². The van der Waals surface area contributed by atoms with E-state index in [9.17, 15) is 0 Å². The summed E-state index contributed by atoms with van der Waals surface area (Å²) in [6.45, 7) is 0. The van der Waals surface area contributed by atoms with Gasteiger partial charge in [-0.1, -0.05) is 158 Å². The van der Waals surface area contributed by atoms with Crippen LogP contribution in [0.1, 0.15) is 0 Å². The van der Waals surface area contributed by atoms with Crippen molar-refractivity contribution in [2.45, 2.75) is 0 Å². The van der Waals surface area contributed by atoms with E-state index in [0.717, 1.165) is 49.9 Å². The van der Waals surface area contributed by atoms with Crippen molar-refractivity contribution >= 4 is 54.4 Å². The van der Waals surface area contributed by atoms with Gasteiger partial charge in [0.2, 0.25) is 0 Å². The van der Waals surface area contributed by atoms with Gasteiger partial charge in [-0.25, -0.2) is 4.98 Å². The maximum Gasteiger partial charge on any atom is 0.0979 e. The number of aromatic nitrogens is 3. The standard InChI is InChI=1S/C52H33N3/c1-2-11-34(12-3-1)39-27-30-50-47(32-39)44-17-8-9-20-49(44)55(50)41-28-25-36(26-29-41)35-21-23-37(24-22-35)38-13-10-14-40(31-38)48-33-53-51-45-18-6-4-15-42(45)43-16-5-7-19-46(43)52(51)54-48/h1-33H. The topological polar surface area (TPSA) is 30.7 Å². The van der Waals surface area contributed by atoms with Crippen molar-refractivity contribution < 1.29 is 0 Å². The second-order valence-corrected chi connectivity index (χ2v) is 14.2. The fraction of sp³-hybridized carbons (Fsp3) is 0. The van der Waals surface area contributed by atoms with Crippen LogP contribution < -0.4 is 0 Å². The Hall–Kier alpha value is -7.36. The highest BCUT2D eigenvalue weighted by Gasteiger charge is 2.15. The van der Waals surface area contributed by atoms with Crippen LogP contribution in [-0.2, 0) is 0 Å². The van der Waals surface area contributed by atoms with E-state index < -0.39 is 0 Å². The predicted molar refractivity (Wildman–Crippen MR) is 231 cm³/mol. The van der Waals surface area contributed by atoms with Gasteiger partial charge in [-0.05, 0) is 80.6 Å². The quantitative estimate of drug-likeness (QED) is 0.167. The Labute approximate surface area is 318 Å². The lowest BCUT2D eigenvalue weighted by Gasteiger charge is -2.11. The summed E-state index contributed by atoms with van der Waals surface area (Å²) in [5, 5.41) is 7.17. The van der Waals surface area contributed by atoms with Gasteiger partial charge in [0.1, 0.15) is 0 Å². The van der Waals surface area contributed by atoms with Gasteiger partial charge in [0.05, 0.1) is 34.0 Å². The van der Waals surface area contributed by atoms with Crippen molar-refractivity contribution in [2.75, 3.05) is 0 Å². The zero-order valence-corrected chi connectivity index (χ0v) is 29.9. The molecule has 3 heteroatoms. The van der Waals surface area contributed by atoms with Crippen LogP contribution in [0.25, 0.3) is 105 Å². The van der Waals surface area contributed by atoms with Crippen molar-refractivity contribution in [1.82, 2.24) is 14.5 Å². The molecule has 0 fully saturated rings. The van der Waals surface area contributed by atoms with Crippen LogP contribution in [0, 0.1) is 0 Å². The Morgan fingerprint density at radius 1 is 0.309 bits per heavy atom. The molecule has 0 aliphatic rings. The molecule has 0 radical (unpaired) electrons. The first-order valence-corrected chi connectivity index (χ1v) is 18.7. The summed E-state index contributed by atoms with van der Waals surface area (Å²) in [6, 6.07) is 69.5. The third-order valence-corrected chi connectivity index (χ3v) is 11.0. The minimum Gasteiger partial charge on any atom is -0.309 e. The van der Waals surface area contributed by atoms with Gasteiger partial charge in [-0.2, -0.15) is 0 Å². The molecule has 0 aliphatic carbocycles. The van der Waals surface area contributed by atoms with Crippen molar-refractivity contribution in [3.63, 3.8) is 0 Å². The summed E-state index contributed by atoms with van der Waals surface area (Å²) >= 11 is 0. The molecule has 0 atom stereocenters. The van der Waals surface area contributed by atoms with Crippen LogP contribution in [0.15, 0.2) is 200 Å². The largest absolute Gasteiger partial charge is 0.309 e. The van der Waals surface area contributed by atoms with Gasteiger partial charge in [0.25, 0.3) is 0 Å². The van der Waals surface area contributed by atoms with Gasteiger partial charge in [0.15, 0.2) is 0 Å². The molecule has 2 heterocycles. The van der Waals surface area contributed by atoms with Gasteiger partial charge in [-0.15, -0.1) is 0 Å². The molecule has 55 heavy (non-hydrogen) atoms. The van der Waals surface area contributed by atoms with Crippen molar-refractivity contribution in [2.24, 2.45) is 0 Å². The number of nitrogens with zero attached hydrogens (tertiary/aromatic N) is 3. The molecule has 11 aromatic rings. The van der Waals surface area contributed by atoms with Crippen molar-refractivity contribution in [3.05, 3.63) is 200 Å². The van der Waals surface area contributed by atoms with E-state index in [1.807, 2.05) is 6.20 Å². The van der Waals surface area contributed by atoms with Gasteiger partial charge in [0, 0.05) is 32.8 Å². The van der Waals surface area contributed by atoms with E-state index >= 15 is 0 Å². The molecular formula is C52H33N3. The average Bonchev–Trinajstić information content (AvgIpc) is 3.60.